The van der Waals surface area contributed by atoms with E-state index in [9.17, 15) is 40.5 Å². The number of ether oxygens (including phenoxy) is 5. The number of cyclic esters (lactones) is 1. The third-order valence-corrected chi connectivity index (χ3v) is 14.2. The Morgan fingerprint density at radius 3 is 2.27 bits per heavy atom. The van der Waals surface area contributed by atoms with Crippen molar-refractivity contribution in [1.29, 1.82) is 0 Å². The lowest BCUT2D eigenvalue weighted by Crippen LogP contribution is -2.64. The molecule has 0 aromatic carbocycles. The highest BCUT2D eigenvalue weighted by molar-refractivity contribution is 5.85. The number of hydrogen-bond acceptors (Lipinski definition) is 13. The number of rotatable bonds is 6. The minimum Gasteiger partial charge on any atom is -0.458 e. The van der Waals surface area contributed by atoms with Crippen LogP contribution in [-0.4, -0.2) is 128 Å². The van der Waals surface area contributed by atoms with E-state index < -0.39 is 73.6 Å². The smallest absolute Gasteiger partial charge is 0.331 e. The number of aliphatic hydroxyl groups excluding tert-OH is 6. The molecule has 48 heavy (non-hydrogen) atoms. The summed E-state index contributed by atoms with van der Waals surface area (Å²) in [7, 11) is 0. The molecule has 13 heteroatoms. The van der Waals surface area contributed by atoms with Gasteiger partial charge in [0.25, 0.3) is 0 Å². The molecule has 2 saturated heterocycles. The first kappa shape index (κ1) is 35.2. The minimum absolute atomic E-state index is 0.0345. The average molecular weight is 683 g/mol. The second-order valence-corrected chi connectivity index (χ2v) is 16.3. The van der Waals surface area contributed by atoms with Gasteiger partial charge in [0.2, 0.25) is 0 Å². The predicted molar refractivity (Wildman–Crippen MR) is 166 cm³/mol. The minimum atomic E-state index is -1.65. The molecule has 7 rings (SSSR count). The highest BCUT2D eigenvalue weighted by Gasteiger charge is 2.68. The molecule has 13 nitrogen and oxygen atoms in total. The zero-order valence-electron chi connectivity index (χ0n) is 28.1. The van der Waals surface area contributed by atoms with Gasteiger partial charge in [-0.25, -0.2) is 4.79 Å². The lowest BCUT2D eigenvalue weighted by molar-refractivity contribution is -0.360. The first-order valence-corrected chi connectivity index (χ1v) is 17.9. The van der Waals surface area contributed by atoms with Crippen LogP contribution in [0.15, 0.2) is 11.6 Å². The van der Waals surface area contributed by atoms with E-state index in [-0.39, 0.29) is 34.7 Å². The summed E-state index contributed by atoms with van der Waals surface area (Å²) in [6.07, 6.45) is -4.12. The third kappa shape index (κ3) is 5.42. The van der Waals surface area contributed by atoms with E-state index >= 15 is 0 Å². The van der Waals surface area contributed by atoms with E-state index in [4.69, 9.17) is 23.7 Å². The van der Waals surface area contributed by atoms with Crippen molar-refractivity contribution in [2.75, 3.05) is 13.2 Å². The summed E-state index contributed by atoms with van der Waals surface area (Å²) in [6, 6.07) is 0. The second kappa shape index (κ2) is 12.8. The van der Waals surface area contributed by atoms with Gasteiger partial charge in [0, 0.05) is 11.5 Å². The average Bonchev–Trinajstić information content (AvgIpc) is 3.61. The predicted octanol–water partition coefficient (Wildman–Crippen LogP) is 0.280. The van der Waals surface area contributed by atoms with Crippen molar-refractivity contribution in [3.05, 3.63) is 11.6 Å². The molecular weight excluding hydrogens is 628 g/mol. The molecule has 7 N–H and O–H groups in total. The highest BCUT2D eigenvalue weighted by atomic mass is 16.7. The number of aliphatic hydroxyl groups is 7. The number of carbonyl (C=O) groups is 1. The molecule has 6 fully saturated rings. The van der Waals surface area contributed by atoms with Crippen molar-refractivity contribution in [2.45, 2.75) is 152 Å². The fraction of sp³-hybridized carbons (Fsp3) is 0.914. The van der Waals surface area contributed by atoms with Gasteiger partial charge in [-0.1, -0.05) is 13.8 Å². The fourth-order valence-electron chi connectivity index (χ4n) is 11.3. The van der Waals surface area contributed by atoms with Gasteiger partial charge >= 0.3 is 5.97 Å². The maximum Gasteiger partial charge on any atom is 0.331 e. The molecule has 0 bridgehead atoms. The zero-order valence-corrected chi connectivity index (χ0v) is 28.1. The van der Waals surface area contributed by atoms with Gasteiger partial charge in [0.15, 0.2) is 12.6 Å². The standard InChI is InChI=1S/C35H54O13/c1-16-30(48-32-28(41)26(39)25(38)23(14-36)47-32)27(40)29(42)31(45-16)46-19-6-9-33(2)18(13-19)4-5-22-21(33)7-10-34(3)20(8-11-35(22,34)43)17-12-24(37)44-15-17/h12,16,18-23,25-32,36,38-43H,4-11,13-15H2,1-3H3/t16-,18-,19+,20-,21+,22-,23-,25-,26+,27-,28-,29-,30+,31+,32+,33+,34-,35+/m1/s1. The molecule has 4 saturated carbocycles. The van der Waals surface area contributed by atoms with Crippen LogP contribution in [0.25, 0.3) is 0 Å². The van der Waals surface area contributed by atoms with Crippen molar-refractivity contribution in [2.24, 2.45) is 34.5 Å². The maximum absolute atomic E-state index is 12.5. The SMILES string of the molecule is C[C@H]1O[C@@H](O[C@H]2CC[C@@]3(C)[C@H](CC[C@@H]4[C@@H]3CC[C@]3(C)[C@@H](C5=CC(=O)OC5)CC[C@]43O)C2)[C@H](O)[C@@H](O)[C@H]1O[C@@H]1O[C@H](CO)[C@@H](O)[C@H](O)[C@H]1O. The summed E-state index contributed by atoms with van der Waals surface area (Å²) in [6.45, 7) is 5.97. The first-order chi connectivity index (χ1) is 22.7. The van der Waals surface area contributed by atoms with Gasteiger partial charge < -0.3 is 59.4 Å². The molecule has 0 aromatic rings. The van der Waals surface area contributed by atoms with Crippen LogP contribution < -0.4 is 0 Å². The van der Waals surface area contributed by atoms with Crippen LogP contribution >= 0.6 is 0 Å². The Labute approximate surface area is 281 Å². The number of hydrogen-bond donors (Lipinski definition) is 7. The van der Waals surface area contributed by atoms with E-state index in [0.717, 1.165) is 63.4 Å². The first-order valence-electron chi connectivity index (χ1n) is 17.9. The second-order valence-electron chi connectivity index (χ2n) is 16.3. The van der Waals surface area contributed by atoms with E-state index in [1.165, 1.54) is 0 Å². The molecule has 18 atom stereocenters. The Morgan fingerprint density at radius 2 is 1.56 bits per heavy atom. The van der Waals surface area contributed by atoms with E-state index in [0.29, 0.717) is 18.4 Å². The third-order valence-electron chi connectivity index (χ3n) is 14.2. The van der Waals surface area contributed by atoms with Crippen molar-refractivity contribution in [1.82, 2.24) is 0 Å². The van der Waals surface area contributed by atoms with Gasteiger partial charge in [-0.15, -0.1) is 0 Å². The normalized spacial score (nSPS) is 55.3. The Bertz CT molecular complexity index is 1240. The van der Waals surface area contributed by atoms with Crippen molar-refractivity contribution < 1.29 is 64.2 Å². The lowest BCUT2D eigenvalue weighted by atomic mass is 9.43. The Kier molecular flexibility index (Phi) is 9.36. The summed E-state index contributed by atoms with van der Waals surface area (Å²) in [5.74, 6) is 0.825. The van der Waals surface area contributed by atoms with Gasteiger partial charge in [-0.3, -0.25) is 0 Å². The maximum atomic E-state index is 12.5. The van der Waals surface area contributed by atoms with Gasteiger partial charge in [0.05, 0.1) is 24.4 Å². The summed E-state index contributed by atoms with van der Waals surface area (Å²) in [5, 5.41) is 74.7. The van der Waals surface area contributed by atoms with Crippen molar-refractivity contribution in [3.8, 4) is 0 Å². The van der Waals surface area contributed by atoms with Crippen molar-refractivity contribution in [3.63, 3.8) is 0 Å². The molecule has 3 heterocycles. The largest absolute Gasteiger partial charge is 0.458 e. The Hall–Kier alpha value is -1.23. The summed E-state index contributed by atoms with van der Waals surface area (Å²) in [4.78, 5) is 11.9. The van der Waals surface area contributed by atoms with Crippen LogP contribution in [0, 0.1) is 34.5 Å². The van der Waals surface area contributed by atoms with E-state index in [1.54, 1.807) is 13.0 Å². The number of carbonyl (C=O) groups excluding carboxylic acids is 1. The van der Waals surface area contributed by atoms with Gasteiger partial charge in [-0.2, -0.15) is 0 Å². The molecule has 0 amide bonds. The molecule has 7 aliphatic rings. The molecule has 0 radical (unpaired) electrons. The molecule has 4 aliphatic carbocycles. The van der Waals surface area contributed by atoms with Gasteiger partial charge in [-0.05, 0) is 99.4 Å². The molecule has 0 unspecified atom stereocenters. The summed E-state index contributed by atoms with van der Waals surface area (Å²) in [5.41, 5.74) is 0.00280. The zero-order chi connectivity index (χ0) is 34.3. The van der Waals surface area contributed by atoms with E-state index in [2.05, 4.69) is 13.8 Å². The molecule has 272 valence electrons. The summed E-state index contributed by atoms with van der Waals surface area (Å²) >= 11 is 0. The van der Waals surface area contributed by atoms with Crippen LogP contribution in [0.1, 0.15) is 78.6 Å². The highest BCUT2D eigenvalue weighted by Crippen LogP contribution is 2.70. The Balaban J connectivity index is 0.977. The number of esters is 1. The quantitative estimate of drug-likeness (QED) is 0.149. The fourth-order valence-corrected chi connectivity index (χ4v) is 11.3. The lowest BCUT2D eigenvalue weighted by Gasteiger charge is -2.64. The number of fused-ring (bicyclic) bond motifs is 5. The molecule has 0 spiro atoms. The molecule has 0 aromatic heterocycles. The Morgan fingerprint density at radius 1 is 0.833 bits per heavy atom. The topological polar surface area (TPSA) is 205 Å². The van der Waals surface area contributed by atoms with E-state index in [1.807, 2.05) is 0 Å². The van der Waals surface area contributed by atoms with Gasteiger partial charge in [0.1, 0.15) is 49.3 Å². The van der Waals surface area contributed by atoms with Crippen LogP contribution in [0.2, 0.25) is 0 Å². The molecule has 3 aliphatic heterocycles. The van der Waals surface area contributed by atoms with Crippen LogP contribution in [-0.2, 0) is 28.5 Å². The monoisotopic (exact) mass is 682 g/mol. The van der Waals surface area contributed by atoms with Crippen LogP contribution in [0.5, 0.6) is 0 Å². The van der Waals surface area contributed by atoms with Crippen LogP contribution in [0.4, 0.5) is 0 Å². The summed E-state index contributed by atoms with van der Waals surface area (Å²) < 4.78 is 28.8. The molecular formula is C35H54O13. The van der Waals surface area contributed by atoms with Crippen LogP contribution in [0.3, 0.4) is 0 Å². The van der Waals surface area contributed by atoms with Crippen molar-refractivity contribution >= 4 is 5.97 Å².